The maximum absolute atomic E-state index is 13.0. The molecule has 2 aliphatic heterocycles. The molecule has 1 N–H and O–H groups in total. The Bertz CT molecular complexity index is 595. The van der Waals surface area contributed by atoms with Gasteiger partial charge in [-0.15, -0.1) is 11.3 Å². The number of ether oxygens (including phenoxy) is 2. The molecule has 0 radical (unpaired) electrons. The Morgan fingerprint density at radius 3 is 2.85 bits per heavy atom. The van der Waals surface area contributed by atoms with Gasteiger partial charge in [-0.3, -0.25) is 4.79 Å². The molecule has 1 aromatic heterocycles. The van der Waals surface area contributed by atoms with Gasteiger partial charge in [-0.2, -0.15) is 0 Å². The van der Waals surface area contributed by atoms with Gasteiger partial charge >= 0.3 is 0 Å². The fraction of sp³-hybridized carbons (Fsp3) is 0.650. The van der Waals surface area contributed by atoms with Crippen LogP contribution in [0.3, 0.4) is 0 Å². The van der Waals surface area contributed by atoms with Crippen LogP contribution in [0.2, 0.25) is 0 Å². The lowest BCUT2D eigenvalue weighted by atomic mass is 9.84. The Balaban J connectivity index is 1.87. The highest BCUT2D eigenvalue weighted by atomic mass is 32.1. The van der Waals surface area contributed by atoms with E-state index in [9.17, 15) is 9.90 Å². The zero-order chi connectivity index (χ0) is 18.4. The number of hydrogen-bond donors (Lipinski definition) is 1. The second kappa shape index (κ2) is 9.53. The average Bonchev–Trinajstić information content (AvgIpc) is 3.21. The maximum atomic E-state index is 13.0. The summed E-state index contributed by atoms with van der Waals surface area (Å²) in [6.45, 7) is 4.22. The normalized spacial score (nSPS) is 26.3. The molecule has 26 heavy (non-hydrogen) atoms. The van der Waals surface area contributed by atoms with Gasteiger partial charge in [0.2, 0.25) is 6.29 Å². The lowest BCUT2D eigenvalue weighted by molar-refractivity contribution is -0.170. The third-order valence-corrected chi connectivity index (χ3v) is 6.11. The Kier molecular flexibility index (Phi) is 7.11. The minimum absolute atomic E-state index is 0.0171. The first-order chi connectivity index (χ1) is 12.7. The van der Waals surface area contributed by atoms with Gasteiger partial charge in [-0.1, -0.05) is 6.07 Å². The van der Waals surface area contributed by atoms with Crippen LogP contribution in [-0.4, -0.2) is 48.5 Å². The van der Waals surface area contributed by atoms with Gasteiger partial charge in [0.1, 0.15) is 0 Å². The van der Waals surface area contributed by atoms with E-state index in [0.29, 0.717) is 18.8 Å². The maximum Gasteiger partial charge on any atom is 0.288 e. The number of allylic oxidation sites excluding steroid dienone is 1. The number of piperidine rings is 1. The summed E-state index contributed by atoms with van der Waals surface area (Å²) in [5.74, 6) is 0.579. The molecule has 3 atom stereocenters. The highest BCUT2D eigenvalue weighted by Gasteiger charge is 2.39. The fourth-order valence-corrected chi connectivity index (χ4v) is 4.69. The van der Waals surface area contributed by atoms with Crippen molar-refractivity contribution < 1.29 is 19.4 Å². The van der Waals surface area contributed by atoms with Gasteiger partial charge in [0.05, 0.1) is 0 Å². The minimum Gasteiger partial charge on any atom is -0.459 e. The first-order valence-electron chi connectivity index (χ1n) is 9.68. The lowest BCUT2D eigenvalue weighted by Gasteiger charge is -2.38. The van der Waals surface area contributed by atoms with E-state index in [2.05, 4.69) is 11.4 Å². The summed E-state index contributed by atoms with van der Waals surface area (Å²) in [4.78, 5) is 16.1. The third-order valence-electron chi connectivity index (χ3n) is 5.14. The van der Waals surface area contributed by atoms with Crippen molar-refractivity contribution in [3.8, 4) is 0 Å². The monoisotopic (exact) mass is 379 g/mol. The minimum atomic E-state index is -0.451. The van der Waals surface area contributed by atoms with E-state index < -0.39 is 6.29 Å². The van der Waals surface area contributed by atoms with Crippen molar-refractivity contribution in [3.05, 3.63) is 34.2 Å². The lowest BCUT2D eigenvalue weighted by Crippen LogP contribution is -2.42. The van der Waals surface area contributed by atoms with E-state index in [1.165, 1.54) is 11.3 Å². The van der Waals surface area contributed by atoms with Crippen molar-refractivity contribution in [2.45, 2.75) is 51.2 Å². The van der Waals surface area contributed by atoms with Crippen LogP contribution in [0.25, 0.3) is 0 Å². The highest BCUT2D eigenvalue weighted by molar-refractivity contribution is 7.10. The molecule has 1 saturated heterocycles. The predicted molar refractivity (Wildman–Crippen MR) is 102 cm³/mol. The van der Waals surface area contributed by atoms with Crippen LogP contribution in [0.15, 0.2) is 29.3 Å². The molecule has 6 heteroatoms. The van der Waals surface area contributed by atoms with Crippen LogP contribution < -0.4 is 0 Å². The fourth-order valence-electron chi connectivity index (χ4n) is 3.82. The van der Waals surface area contributed by atoms with Crippen molar-refractivity contribution in [1.82, 2.24) is 4.90 Å². The first kappa shape index (κ1) is 19.4. The summed E-state index contributed by atoms with van der Waals surface area (Å²) >= 11 is 1.69. The van der Waals surface area contributed by atoms with Crippen LogP contribution in [-0.2, 0) is 14.3 Å². The Morgan fingerprint density at radius 1 is 1.38 bits per heavy atom. The topological polar surface area (TPSA) is 59.0 Å². The quantitative estimate of drug-likeness (QED) is 0.788. The molecule has 3 heterocycles. The highest BCUT2D eigenvalue weighted by Crippen LogP contribution is 2.41. The number of likely N-dealkylation sites (tertiary alicyclic amines) is 1. The van der Waals surface area contributed by atoms with Gasteiger partial charge < -0.3 is 19.5 Å². The van der Waals surface area contributed by atoms with Gasteiger partial charge in [0.25, 0.3) is 5.91 Å². The third kappa shape index (κ3) is 4.48. The number of carbonyl (C=O) groups excluding carboxylic acids is 1. The van der Waals surface area contributed by atoms with Crippen LogP contribution in [0.5, 0.6) is 0 Å². The van der Waals surface area contributed by atoms with E-state index >= 15 is 0 Å². The summed E-state index contributed by atoms with van der Waals surface area (Å²) in [6.07, 6.45) is 6.33. The largest absolute Gasteiger partial charge is 0.459 e. The smallest absolute Gasteiger partial charge is 0.288 e. The van der Waals surface area contributed by atoms with E-state index in [1.807, 2.05) is 24.0 Å². The molecule has 144 valence electrons. The summed E-state index contributed by atoms with van der Waals surface area (Å²) < 4.78 is 11.9. The van der Waals surface area contributed by atoms with E-state index in [-0.39, 0.29) is 24.3 Å². The number of aliphatic hydroxyl groups excluding tert-OH is 1. The van der Waals surface area contributed by atoms with Gasteiger partial charge in [-0.05, 0) is 56.6 Å². The number of amides is 1. The Morgan fingerprint density at radius 2 is 2.19 bits per heavy atom. The SMILES string of the molecule is CCO[C@H]1OC(C(=O)N2CCCCC2)=C[C@@H](c2cccs2)[C@H]1CCCO. The van der Waals surface area contributed by atoms with Gasteiger partial charge in [0.15, 0.2) is 5.76 Å². The molecular weight excluding hydrogens is 350 g/mol. The van der Waals surface area contributed by atoms with Crippen molar-refractivity contribution >= 4 is 17.2 Å². The average molecular weight is 380 g/mol. The van der Waals surface area contributed by atoms with Crippen molar-refractivity contribution in [2.75, 3.05) is 26.3 Å². The molecule has 2 aliphatic rings. The molecule has 5 nitrogen and oxygen atoms in total. The van der Waals surface area contributed by atoms with Crippen molar-refractivity contribution in [1.29, 1.82) is 0 Å². The molecular formula is C20H29NO4S. The second-order valence-electron chi connectivity index (χ2n) is 6.90. The van der Waals surface area contributed by atoms with Crippen LogP contribution in [0.4, 0.5) is 0 Å². The molecule has 0 bridgehead atoms. The number of aliphatic hydroxyl groups is 1. The Labute approximate surface area is 159 Å². The number of nitrogens with zero attached hydrogens (tertiary/aromatic N) is 1. The van der Waals surface area contributed by atoms with Gasteiger partial charge in [0, 0.05) is 43.0 Å². The number of carbonyl (C=O) groups is 1. The summed E-state index contributed by atoms with van der Waals surface area (Å²) in [5, 5.41) is 11.3. The van der Waals surface area contributed by atoms with Crippen molar-refractivity contribution in [2.24, 2.45) is 5.92 Å². The first-order valence-corrected chi connectivity index (χ1v) is 10.6. The molecule has 0 unspecified atom stereocenters. The van der Waals surface area contributed by atoms with Crippen LogP contribution >= 0.6 is 11.3 Å². The molecule has 0 saturated carbocycles. The van der Waals surface area contributed by atoms with Crippen LogP contribution in [0.1, 0.15) is 49.8 Å². The molecule has 1 fully saturated rings. The number of hydrogen-bond acceptors (Lipinski definition) is 5. The molecule has 0 spiro atoms. The summed E-state index contributed by atoms with van der Waals surface area (Å²) in [5.41, 5.74) is 0. The second-order valence-corrected chi connectivity index (χ2v) is 7.88. The van der Waals surface area contributed by atoms with E-state index in [1.54, 1.807) is 11.3 Å². The molecule has 3 rings (SSSR count). The number of rotatable bonds is 7. The van der Waals surface area contributed by atoms with Crippen LogP contribution in [0, 0.1) is 5.92 Å². The van der Waals surface area contributed by atoms with Gasteiger partial charge in [-0.25, -0.2) is 0 Å². The Hall–Kier alpha value is -1.37. The summed E-state index contributed by atoms with van der Waals surface area (Å²) in [7, 11) is 0. The molecule has 0 aliphatic carbocycles. The molecule has 0 aromatic carbocycles. The van der Waals surface area contributed by atoms with Crippen molar-refractivity contribution in [3.63, 3.8) is 0 Å². The van der Waals surface area contributed by atoms with E-state index in [0.717, 1.165) is 32.4 Å². The summed E-state index contributed by atoms with van der Waals surface area (Å²) in [6, 6.07) is 4.14. The van der Waals surface area contributed by atoms with E-state index in [4.69, 9.17) is 9.47 Å². The standard InChI is InChI=1S/C20H29NO4S/c1-2-24-20-15(8-6-12-22)16(18-9-7-13-26-18)14-17(25-20)19(23)21-10-4-3-5-11-21/h7,9,13-16,20,22H,2-6,8,10-12H2,1H3/t15-,16-,20+/m1/s1. The zero-order valence-electron chi connectivity index (χ0n) is 15.4. The number of thiophene rings is 1. The molecule has 1 aromatic rings. The zero-order valence-corrected chi connectivity index (χ0v) is 16.2. The predicted octanol–water partition coefficient (Wildman–Crippen LogP) is 3.51. The molecule has 1 amide bonds.